The summed E-state index contributed by atoms with van der Waals surface area (Å²) in [5.74, 6) is 1.14. The number of nitrogens with zero attached hydrogens (tertiary/aromatic N) is 3. The molecule has 1 amide bonds. The molecule has 72 valence electrons. The van der Waals surface area contributed by atoms with Gasteiger partial charge in [0.05, 0.1) is 0 Å². The van der Waals surface area contributed by atoms with E-state index in [9.17, 15) is 4.79 Å². The highest BCUT2D eigenvalue weighted by atomic mass is 32.2. The van der Waals surface area contributed by atoms with Crippen LogP contribution >= 0.6 is 11.8 Å². The van der Waals surface area contributed by atoms with Gasteiger partial charge in [-0.3, -0.25) is 10.1 Å². The van der Waals surface area contributed by atoms with Crippen molar-refractivity contribution in [1.82, 2.24) is 20.6 Å². The number of amides is 1. The molecule has 0 saturated carbocycles. The highest BCUT2D eigenvalue weighted by Gasteiger charge is 2.03. The zero-order chi connectivity index (χ0) is 9.52. The molecule has 6 nitrogen and oxygen atoms in total. The van der Waals surface area contributed by atoms with Gasteiger partial charge in [0.25, 0.3) is 5.95 Å². The van der Waals surface area contributed by atoms with Crippen LogP contribution in [0.15, 0.2) is 0 Å². The molecule has 0 atom stereocenters. The third kappa shape index (κ3) is 3.88. The SMILES string of the molecule is CSCCCC(=O)Nc1nn[nH]n1. The smallest absolute Gasteiger partial charge is 0.269 e. The molecule has 2 N–H and O–H groups in total. The number of carbonyl (C=O) groups is 1. The highest BCUT2D eigenvalue weighted by Crippen LogP contribution is 2.01. The van der Waals surface area contributed by atoms with E-state index in [4.69, 9.17) is 0 Å². The summed E-state index contributed by atoms with van der Waals surface area (Å²) in [4.78, 5) is 11.1. The Bertz CT molecular complexity index is 250. The first-order valence-electron chi connectivity index (χ1n) is 3.85. The number of thioether (sulfide) groups is 1. The van der Waals surface area contributed by atoms with Crippen LogP contribution in [0.3, 0.4) is 0 Å². The van der Waals surface area contributed by atoms with Crippen molar-refractivity contribution in [1.29, 1.82) is 0 Å². The van der Waals surface area contributed by atoms with Gasteiger partial charge >= 0.3 is 0 Å². The number of tetrazole rings is 1. The van der Waals surface area contributed by atoms with Crippen LogP contribution in [-0.2, 0) is 4.79 Å². The first-order chi connectivity index (χ1) is 6.33. The number of carbonyl (C=O) groups excluding carboxylic acids is 1. The van der Waals surface area contributed by atoms with Gasteiger partial charge in [0.2, 0.25) is 5.91 Å². The summed E-state index contributed by atoms with van der Waals surface area (Å²) in [5.41, 5.74) is 0. The number of rotatable bonds is 5. The lowest BCUT2D eigenvalue weighted by atomic mass is 10.3. The van der Waals surface area contributed by atoms with Gasteiger partial charge in [0, 0.05) is 6.42 Å². The topological polar surface area (TPSA) is 83.6 Å². The Balaban J connectivity index is 2.18. The van der Waals surface area contributed by atoms with Crippen LogP contribution in [0, 0.1) is 0 Å². The number of anilines is 1. The average Bonchev–Trinajstić information content (AvgIpc) is 2.57. The van der Waals surface area contributed by atoms with Gasteiger partial charge in [0.15, 0.2) is 0 Å². The molecule has 0 aliphatic rings. The quantitative estimate of drug-likeness (QED) is 0.668. The monoisotopic (exact) mass is 201 g/mol. The first-order valence-corrected chi connectivity index (χ1v) is 5.24. The standard InChI is InChI=1S/C6H11N5OS/c1-13-4-2-3-5(12)7-6-8-10-11-9-6/h2-4H2,1H3,(H2,7,8,9,10,11,12). The van der Waals surface area contributed by atoms with Crippen LogP contribution in [0.25, 0.3) is 0 Å². The third-order valence-corrected chi connectivity index (χ3v) is 2.05. The summed E-state index contributed by atoms with van der Waals surface area (Å²) < 4.78 is 0. The van der Waals surface area contributed by atoms with Crippen molar-refractivity contribution in [2.75, 3.05) is 17.3 Å². The number of aromatic amines is 1. The molecule has 0 bridgehead atoms. The molecular weight excluding hydrogens is 190 g/mol. The Morgan fingerprint density at radius 2 is 2.54 bits per heavy atom. The minimum atomic E-state index is -0.0737. The second-order valence-electron chi connectivity index (χ2n) is 2.38. The van der Waals surface area contributed by atoms with E-state index < -0.39 is 0 Å². The lowest BCUT2D eigenvalue weighted by Crippen LogP contribution is -2.12. The predicted molar refractivity (Wildman–Crippen MR) is 50.4 cm³/mol. The van der Waals surface area contributed by atoms with Crippen LogP contribution in [0.5, 0.6) is 0 Å². The van der Waals surface area contributed by atoms with Crippen molar-refractivity contribution in [3.63, 3.8) is 0 Å². The number of hydrogen-bond donors (Lipinski definition) is 2. The van der Waals surface area contributed by atoms with E-state index in [-0.39, 0.29) is 11.9 Å². The second kappa shape index (κ2) is 5.52. The van der Waals surface area contributed by atoms with Gasteiger partial charge in [-0.1, -0.05) is 5.10 Å². The molecule has 0 fully saturated rings. The van der Waals surface area contributed by atoms with E-state index >= 15 is 0 Å². The van der Waals surface area contributed by atoms with Gasteiger partial charge in [-0.25, -0.2) is 0 Å². The van der Waals surface area contributed by atoms with Gasteiger partial charge < -0.3 is 0 Å². The van der Waals surface area contributed by atoms with Crippen LogP contribution < -0.4 is 5.32 Å². The molecule has 0 unspecified atom stereocenters. The molecule has 0 radical (unpaired) electrons. The third-order valence-electron chi connectivity index (χ3n) is 1.35. The summed E-state index contributed by atoms with van der Waals surface area (Å²) in [7, 11) is 0. The number of nitrogens with one attached hydrogen (secondary N) is 2. The molecule has 0 saturated heterocycles. The van der Waals surface area contributed by atoms with E-state index in [1.165, 1.54) is 0 Å². The van der Waals surface area contributed by atoms with Crippen molar-refractivity contribution in [3.05, 3.63) is 0 Å². The summed E-state index contributed by atoms with van der Waals surface area (Å²) in [5, 5.41) is 15.3. The molecule has 0 aromatic carbocycles. The van der Waals surface area contributed by atoms with E-state index in [1.807, 2.05) is 6.26 Å². The zero-order valence-corrected chi connectivity index (χ0v) is 8.10. The molecule has 0 spiro atoms. The normalized spacial score (nSPS) is 9.92. The maximum absolute atomic E-state index is 11.1. The number of aromatic nitrogens is 4. The van der Waals surface area contributed by atoms with Gasteiger partial charge in [-0.15, -0.1) is 5.10 Å². The Morgan fingerprint density at radius 1 is 1.69 bits per heavy atom. The maximum atomic E-state index is 11.1. The summed E-state index contributed by atoms with van der Waals surface area (Å²) in [6.07, 6.45) is 3.37. The van der Waals surface area contributed by atoms with Crippen LogP contribution in [-0.4, -0.2) is 38.5 Å². The maximum Gasteiger partial charge on any atom is 0.269 e. The van der Waals surface area contributed by atoms with Crippen molar-refractivity contribution in [2.45, 2.75) is 12.8 Å². The fraction of sp³-hybridized carbons (Fsp3) is 0.667. The molecule has 0 aliphatic carbocycles. The van der Waals surface area contributed by atoms with Crippen LogP contribution in [0.2, 0.25) is 0 Å². The lowest BCUT2D eigenvalue weighted by Gasteiger charge is -1.98. The van der Waals surface area contributed by atoms with Gasteiger partial charge in [-0.2, -0.15) is 17.0 Å². The van der Waals surface area contributed by atoms with Crippen molar-refractivity contribution < 1.29 is 4.79 Å². The largest absolute Gasteiger partial charge is 0.292 e. The second-order valence-corrected chi connectivity index (χ2v) is 3.37. The van der Waals surface area contributed by atoms with E-state index in [2.05, 4.69) is 25.9 Å². The molecule has 1 rings (SSSR count). The van der Waals surface area contributed by atoms with Crippen molar-refractivity contribution in [3.8, 4) is 0 Å². The lowest BCUT2D eigenvalue weighted by molar-refractivity contribution is -0.116. The van der Waals surface area contributed by atoms with Gasteiger partial charge in [0.1, 0.15) is 0 Å². The molecule has 0 aliphatic heterocycles. The molecule has 13 heavy (non-hydrogen) atoms. The Morgan fingerprint density at radius 3 is 3.15 bits per heavy atom. The van der Waals surface area contributed by atoms with Crippen molar-refractivity contribution >= 4 is 23.6 Å². The number of H-pyrrole nitrogens is 1. The minimum Gasteiger partial charge on any atom is -0.292 e. The minimum absolute atomic E-state index is 0.0737. The highest BCUT2D eigenvalue weighted by molar-refractivity contribution is 7.98. The number of hydrogen-bond acceptors (Lipinski definition) is 5. The van der Waals surface area contributed by atoms with E-state index in [0.717, 1.165) is 12.2 Å². The molecule has 1 aromatic rings. The summed E-state index contributed by atoms with van der Waals surface area (Å²) >= 11 is 1.72. The molecule has 1 aromatic heterocycles. The summed E-state index contributed by atoms with van der Waals surface area (Å²) in [6, 6.07) is 0. The van der Waals surface area contributed by atoms with Crippen molar-refractivity contribution in [2.24, 2.45) is 0 Å². The van der Waals surface area contributed by atoms with E-state index in [0.29, 0.717) is 6.42 Å². The molecule has 1 heterocycles. The Labute approximate surface area is 79.9 Å². The van der Waals surface area contributed by atoms with Crippen LogP contribution in [0.1, 0.15) is 12.8 Å². The predicted octanol–water partition coefficient (Wildman–Crippen LogP) is 0.281. The fourth-order valence-electron chi connectivity index (χ4n) is 0.779. The fourth-order valence-corrected chi connectivity index (χ4v) is 1.21. The average molecular weight is 201 g/mol. The first kappa shape index (κ1) is 9.97. The molecule has 7 heteroatoms. The van der Waals surface area contributed by atoms with Crippen LogP contribution in [0.4, 0.5) is 5.95 Å². The summed E-state index contributed by atoms with van der Waals surface area (Å²) in [6.45, 7) is 0. The van der Waals surface area contributed by atoms with E-state index in [1.54, 1.807) is 11.8 Å². The Kier molecular flexibility index (Phi) is 4.24. The van der Waals surface area contributed by atoms with Gasteiger partial charge in [-0.05, 0) is 23.6 Å². The zero-order valence-electron chi connectivity index (χ0n) is 7.28. The molecular formula is C6H11N5OS. The Hall–Kier alpha value is -1.11.